The van der Waals surface area contributed by atoms with Crippen molar-refractivity contribution in [3.8, 4) is 0 Å². The Labute approximate surface area is 94.9 Å². The van der Waals surface area contributed by atoms with Gasteiger partial charge in [0.2, 0.25) is 0 Å². The van der Waals surface area contributed by atoms with E-state index < -0.39 is 6.09 Å². The molecule has 82 valence electrons. The van der Waals surface area contributed by atoms with Gasteiger partial charge in [-0.05, 0) is 17.5 Å². The van der Waals surface area contributed by atoms with Gasteiger partial charge in [0.1, 0.15) is 0 Å². The first-order chi connectivity index (χ1) is 7.15. The molecule has 15 heavy (non-hydrogen) atoms. The molecular weight excluding hydrogens is 210 g/mol. The summed E-state index contributed by atoms with van der Waals surface area (Å²) in [5.74, 6) is 0. The van der Waals surface area contributed by atoms with Gasteiger partial charge in [-0.3, -0.25) is 0 Å². The Morgan fingerprint density at radius 1 is 1.53 bits per heavy atom. The zero-order valence-electron chi connectivity index (χ0n) is 8.60. The molecule has 0 fully saturated rings. The third kappa shape index (κ3) is 3.47. The summed E-state index contributed by atoms with van der Waals surface area (Å²) >= 11 is 4.46. The van der Waals surface area contributed by atoms with E-state index in [2.05, 4.69) is 24.9 Å². The summed E-state index contributed by atoms with van der Waals surface area (Å²) < 4.78 is 0. The highest BCUT2D eigenvalue weighted by Crippen LogP contribution is 2.26. The van der Waals surface area contributed by atoms with Crippen LogP contribution in [0.2, 0.25) is 0 Å². The summed E-state index contributed by atoms with van der Waals surface area (Å²) in [5, 5.41) is 11.1. The van der Waals surface area contributed by atoms with Crippen LogP contribution in [0.4, 0.5) is 4.79 Å². The third-order valence-electron chi connectivity index (χ3n) is 2.23. The van der Waals surface area contributed by atoms with Crippen LogP contribution < -0.4 is 5.32 Å². The molecule has 2 N–H and O–H groups in total. The molecular formula is C11H15NO2S. The summed E-state index contributed by atoms with van der Waals surface area (Å²) in [7, 11) is 0. The number of amides is 1. The Hall–Kier alpha value is -1.16. The first-order valence-electron chi connectivity index (χ1n) is 4.87. The fourth-order valence-corrected chi connectivity index (χ4v) is 1.66. The van der Waals surface area contributed by atoms with E-state index in [4.69, 9.17) is 5.11 Å². The zero-order valence-corrected chi connectivity index (χ0v) is 9.50. The molecule has 1 aromatic carbocycles. The van der Waals surface area contributed by atoms with Gasteiger partial charge in [-0.1, -0.05) is 31.2 Å². The lowest BCUT2D eigenvalue weighted by Crippen LogP contribution is -2.20. The Morgan fingerprint density at radius 2 is 2.20 bits per heavy atom. The predicted molar refractivity (Wildman–Crippen MR) is 63.3 cm³/mol. The second kappa shape index (κ2) is 5.66. The fourth-order valence-electron chi connectivity index (χ4n) is 1.41. The molecule has 0 saturated carbocycles. The van der Waals surface area contributed by atoms with Crippen LogP contribution in [0.15, 0.2) is 24.3 Å². The number of nitrogens with one attached hydrogen (secondary N) is 1. The molecule has 0 aliphatic heterocycles. The number of rotatable bonds is 4. The first kappa shape index (κ1) is 11.9. The Bertz CT molecular complexity index is 341. The van der Waals surface area contributed by atoms with Gasteiger partial charge in [-0.25, -0.2) is 4.79 Å². The van der Waals surface area contributed by atoms with Crippen LogP contribution in [-0.2, 0) is 6.54 Å². The maximum atomic E-state index is 10.4. The molecule has 1 rings (SSSR count). The van der Waals surface area contributed by atoms with Gasteiger partial charge in [0.25, 0.3) is 0 Å². The van der Waals surface area contributed by atoms with E-state index in [9.17, 15) is 4.79 Å². The van der Waals surface area contributed by atoms with E-state index in [1.54, 1.807) is 0 Å². The van der Waals surface area contributed by atoms with E-state index in [1.807, 2.05) is 24.3 Å². The number of benzene rings is 1. The summed E-state index contributed by atoms with van der Waals surface area (Å²) in [6.45, 7) is 2.39. The molecule has 1 atom stereocenters. The standard InChI is InChI=1S/C11H15NO2S/c1-2-10(15)9-6-4-3-5-8(9)7-12-11(13)14/h3-6,10,12,15H,2,7H2,1H3,(H,13,14). The van der Waals surface area contributed by atoms with Crippen LogP contribution >= 0.6 is 12.6 Å². The smallest absolute Gasteiger partial charge is 0.404 e. The Morgan fingerprint density at radius 3 is 2.80 bits per heavy atom. The van der Waals surface area contributed by atoms with E-state index in [0.29, 0.717) is 6.54 Å². The largest absolute Gasteiger partial charge is 0.465 e. The minimum Gasteiger partial charge on any atom is -0.465 e. The van der Waals surface area contributed by atoms with Gasteiger partial charge in [-0.2, -0.15) is 12.6 Å². The average molecular weight is 225 g/mol. The van der Waals surface area contributed by atoms with Crippen LogP contribution in [0.25, 0.3) is 0 Å². The molecule has 4 heteroatoms. The highest BCUT2D eigenvalue weighted by molar-refractivity contribution is 7.80. The molecule has 1 aromatic rings. The molecule has 0 spiro atoms. The molecule has 0 radical (unpaired) electrons. The number of hydrogen-bond donors (Lipinski definition) is 3. The Balaban J connectivity index is 2.81. The molecule has 1 amide bonds. The number of carboxylic acid groups (broad SMARTS) is 1. The van der Waals surface area contributed by atoms with Crippen molar-refractivity contribution in [3.63, 3.8) is 0 Å². The van der Waals surface area contributed by atoms with Crippen molar-refractivity contribution < 1.29 is 9.90 Å². The molecule has 0 bridgehead atoms. The molecule has 0 aromatic heterocycles. The molecule has 0 aliphatic carbocycles. The van der Waals surface area contributed by atoms with Crippen molar-refractivity contribution in [3.05, 3.63) is 35.4 Å². The molecule has 0 saturated heterocycles. The van der Waals surface area contributed by atoms with Gasteiger partial charge in [0, 0.05) is 11.8 Å². The lowest BCUT2D eigenvalue weighted by atomic mass is 10.0. The van der Waals surface area contributed by atoms with Crippen molar-refractivity contribution >= 4 is 18.7 Å². The average Bonchev–Trinajstić information content (AvgIpc) is 2.25. The zero-order chi connectivity index (χ0) is 11.3. The van der Waals surface area contributed by atoms with Gasteiger partial charge >= 0.3 is 6.09 Å². The lowest BCUT2D eigenvalue weighted by molar-refractivity contribution is 0.194. The number of thiol groups is 1. The summed E-state index contributed by atoms with van der Waals surface area (Å²) in [6, 6.07) is 7.75. The maximum Gasteiger partial charge on any atom is 0.404 e. The van der Waals surface area contributed by atoms with Crippen molar-refractivity contribution in [2.45, 2.75) is 25.1 Å². The third-order valence-corrected chi connectivity index (χ3v) is 2.87. The number of carbonyl (C=O) groups is 1. The first-order valence-corrected chi connectivity index (χ1v) is 5.39. The van der Waals surface area contributed by atoms with E-state index in [-0.39, 0.29) is 5.25 Å². The van der Waals surface area contributed by atoms with E-state index in [1.165, 1.54) is 0 Å². The van der Waals surface area contributed by atoms with Gasteiger partial charge in [0.15, 0.2) is 0 Å². The number of hydrogen-bond acceptors (Lipinski definition) is 2. The minimum absolute atomic E-state index is 0.164. The quantitative estimate of drug-likeness (QED) is 0.690. The van der Waals surface area contributed by atoms with Crippen molar-refractivity contribution in [2.75, 3.05) is 0 Å². The fraction of sp³-hybridized carbons (Fsp3) is 0.364. The summed E-state index contributed by atoms with van der Waals surface area (Å²) in [6.07, 6.45) is -0.0790. The highest BCUT2D eigenvalue weighted by atomic mass is 32.1. The topological polar surface area (TPSA) is 49.3 Å². The predicted octanol–water partition coefficient (Wildman–Crippen LogP) is 2.84. The van der Waals surface area contributed by atoms with Crippen LogP contribution in [0.3, 0.4) is 0 Å². The molecule has 3 nitrogen and oxygen atoms in total. The second-order valence-electron chi connectivity index (χ2n) is 3.28. The van der Waals surface area contributed by atoms with Gasteiger partial charge < -0.3 is 10.4 Å². The van der Waals surface area contributed by atoms with Crippen molar-refractivity contribution in [1.82, 2.24) is 5.32 Å². The minimum atomic E-state index is -1.00. The van der Waals surface area contributed by atoms with Crippen LogP contribution in [0.1, 0.15) is 29.7 Å². The summed E-state index contributed by atoms with van der Waals surface area (Å²) in [5.41, 5.74) is 2.08. The SMILES string of the molecule is CCC(S)c1ccccc1CNC(=O)O. The van der Waals surface area contributed by atoms with Crippen LogP contribution in [0.5, 0.6) is 0 Å². The van der Waals surface area contributed by atoms with Crippen molar-refractivity contribution in [2.24, 2.45) is 0 Å². The van der Waals surface area contributed by atoms with Gasteiger partial charge in [0.05, 0.1) is 0 Å². The Kier molecular flexibility index (Phi) is 4.49. The normalized spacial score (nSPS) is 12.1. The van der Waals surface area contributed by atoms with E-state index >= 15 is 0 Å². The van der Waals surface area contributed by atoms with E-state index in [0.717, 1.165) is 17.5 Å². The summed E-state index contributed by atoms with van der Waals surface area (Å²) in [4.78, 5) is 10.4. The highest BCUT2D eigenvalue weighted by Gasteiger charge is 2.09. The monoisotopic (exact) mass is 225 g/mol. The van der Waals surface area contributed by atoms with Crippen LogP contribution in [0, 0.1) is 0 Å². The van der Waals surface area contributed by atoms with Crippen molar-refractivity contribution in [1.29, 1.82) is 0 Å². The molecule has 0 heterocycles. The van der Waals surface area contributed by atoms with Gasteiger partial charge in [-0.15, -0.1) is 0 Å². The molecule has 1 unspecified atom stereocenters. The maximum absolute atomic E-state index is 10.4. The van der Waals surface area contributed by atoms with Crippen LogP contribution in [-0.4, -0.2) is 11.2 Å². The molecule has 0 aliphatic rings. The second-order valence-corrected chi connectivity index (χ2v) is 3.90. The lowest BCUT2D eigenvalue weighted by Gasteiger charge is -2.13.